The molecule has 15 heavy (non-hydrogen) atoms. The SMILES string of the molecule is CC(C)CNCC1(O)CCCCCCC1. The van der Waals surface area contributed by atoms with Gasteiger partial charge in [0.05, 0.1) is 5.60 Å². The van der Waals surface area contributed by atoms with Crippen molar-refractivity contribution in [3.8, 4) is 0 Å². The maximum Gasteiger partial charge on any atom is 0.0771 e. The van der Waals surface area contributed by atoms with E-state index in [-0.39, 0.29) is 0 Å². The molecule has 0 aromatic carbocycles. The van der Waals surface area contributed by atoms with Gasteiger partial charge in [-0.1, -0.05) is 46.0 Å². The highest BCUT2D eigenvalue weighted by Crippen LogP contribution is 2.25. The third kappa shape index (κ3) is 5.53. The summed E-state index contributed by atoms with van der Waals surface area (Å²) in [5.74, 6) is 0.669. The summed E-state index contributed by atoms with van der Waals surface area (Å²) < 4.78 is 0. The minimum Gasteiger partial charge on any atom is -0.389 e. The van der Waals surface area contributed by atoms with Crippen molar-refractivity contribution < 1.29 is 5.11 Å². The van der Waals surface area contributed by atoms with E-state index in [4.69, 9.17) is 0 Å². The summed E-state index contributed by atoms with van der Waals surface area (Å²) in [5.41, 5.74) is -0.421. The van der Waals surface area contributed by atoms with E-state index in [0.717, 1.165) is 25.9 Å². The first-order valence-corrected chi connectivity index (χ1v) is 6.55. The number of rotatable bonds is 4. The summed E-state index contributed by atoms with van der Waals surface area (Å²) in [6.45, 7) is 6.21. The molecule has 0 atom stereocenters. The summed E-state index contributed by atoms with van der Waals surface area (Å²) in [4.78, 5) is 0. The van der Waals surface area contributed by atoms with Gasteiger partial charge in [0, 0.05) is 6.54 Å². The lowest BCUT2D eigenvalue weighted by Crippen LogP contribution is -2.42. The predicted octanol–water partition coefficient (Wildman–Crippen LogP) is 2.71. The van der Waals surface area contributed by atoms with Gasteiger partial charge in [0.1, 0.15) is 0 Å². The number of hydrogen-bond acceptors (Lipinski definition) is 2. The Hall–Kier alpha value is -0.0800. The smallest absolute Gasteiger partial charge is 0.0771 e. The molecule has 0 bridgehead atoms. The van der Waals surface area contributed by atoms with Gasteiger partial charge in [-0.25, -0.2) is 0 Å². The van der Waals surface area contributed by atoms with Gasteiger partial charge in [0.15, 0.2) is 0 Å². The summed E-state index contributed by atoms with van der Waals surface area (Å²) >= 11 is 0. The Bertz CT molecular complexity index is 160. The Kier molecular flexibility index (Phi) is 5.62. The van der Waals surface area contributed by atoms with Gasteiger partial charge < -0.3 is 10.4 Å². The average molecular weight is 213 g/mol. The first kappa shape index (κ1) is 13.0. The molecule has 2 heteroatoms. The van der Waals surface area contributed by atoms with Crippen LogP contribution in [0.3, 0.4) is 0 Å². The van der Waals surface area contributed by atoms with E-state index in [1.54, 1.807) is 0 Å². The molecule has 1 saturated carbocycles. The molecule has 0 aliphatic heterocycles. The molecule has 1 aliphatic carbocycles. The lowest BCUT2D eigenvalue weighted by atomic mass is 9.87. The average Bonchev–Trinajstić information content (AvgIpc) is 2.12. The minimum atomic E-state index is -0.421. The molecule has 1 rings (SSSR count). The van der Waals surface area contributed by atoms with Crippen molar-refractivity contribution in [2.75, 3.05) is 13.1 Å². The van der Waals surface area contributed by atoms with E-state index in [2.05, 4.69) is 19.2 Å². The molecule has 0 aromatic heterocycles. The molecule has 0 spiro atoms. The lowest BCUT2D eigenvalue weighted by Gasteiger charge is -2.30. The van der Waals surface area contributed by atoms with Gasteiger partial charge in [-0.15, -0.1) is 0 Å². The predicted molar refractivity (Wildman–Crippen MR) is 65.0 cm³/mol. The minimum absolute atomic E-state index is 0.421. The highest BCUT2D eigenvalue weighted by Gasteiger charge is 2.26. The second-order valence-corrected chi connectivity index (χ2v) is 5.52. The van der Waals surface area contributed by atoms with Crippen LogP contribution in [0.5, 0.6) is 0 Å². The van der Waals surface area contributed by atoms with Crippen molar-refractivity contribution in [2.24, 2.45) is 5.92 Å². The Balaban J connectivity index is 2.27. The zero-order valence-electron chi connectivity index (χ0n) is 10.4. The van der Waals surface area contributed by atoms with Crippen LogP contribution in [0.15, 0.2) is 0 Å². The maximum atomic E-state index is 10.4. The van der Waals surface area contributed by atoms with Crippen LogP contribution in [-0.4, -0.2) is 23.8 Å². The molecule has 0 aromatic rings. The summed E-state index contributed by atoms with van der Waals surface area (Å²) in [6, 6.07) is 0. The number of hydrogen-bond donors (Lipinski definition) is 2. The van der Waals surface area contributed by atoms with Crippen LogP contribution in [0.4, 0.5) is 0 Å². The van der Waals surface area contributed by atoms with Crippen LogP contribution in [0, 0.1) is 5.92 Å². The molecule has 0 radical (unpaired) electrons. The molecule has 2 N–H and O–H groups in total. The Morgan fingerprint density at radius 2 is 1.60 bits per heavy atom. The second kappa shape index (κ2) is 6.49. The third-order valence-electron chi connectivity index (χ3n) is 3.29. The summed E-state index contributed by atoms with van der Waals surface area (Å²) in [6.07, 6.45) is 8.31. The van der Waals surface area contributed by atoms with E-state index in [0.29, 0.717) is 5.92 Å². The Labute approximate surface area is 94.5 Å². The molecule has 0 heterocycles. The fourth-order valence-electron chi connectivity index (χ4n) is 2.33. The molecule has 0 unspecified atom stereocenters. The van der Waals surface area contributed by atoms with Crippen LogP contribution < -0.4 is 5.32 Å². The molecule has 2 nitrogen and oxygen atoms in total. The van der Waals surface area contributed by atoms with Gasteiger partial charge in [-0.05, 0) is 25.3 Å². The molecular formula is C13H27NO. The zero-order chi connectivity index (χ0) is 11.1. The van der Waals surface area contributed by atoms with E-state index in [1.165, 1.54) is 32.1 Å². The summed E-state index contributed by atoms with van der Waals surface area (Å²) in [7, 11) is 0. The van der Waals surface area contributed by atoms with Gasteiger partial charge >= 0.3 is 0 Å². The highest BCUT2D eigenvalue weighted by atomic mass is 16.3. The second-order valence-electron chi connectivity index (χ2n) is 5.52. The Morgan fingerprint density at radius 1 is 1.07 bits per heavy atom. The van der Waals surface area contributed by atoms with Gasteiger partial charge in [-0.3, -0.25) is 0 Å². The van der Waals surface area contributed by atoms with Crippen molar-refractivity contribution in [1.29, 1.82) is 0 Å². The topological polar surface area (TPSA) is 32.3 Å². The van der Waals surface area contributed by atoms with Gasteiger partial charge in [0.2, 0.25) is 0 Å². The van der Waals surface area contributed by atoms with Crippen LogP contribution in [0.2, 0.25) is 0 Å². The van der Waals surface area contributed by atoms with E-state index in [9.17, 15) is 5.11 Å². The molecule has 0 saturated heterocycles. The number of nitrogens with one attached hydrogen (secondary N) is 1. The van der Waals surface area contributed by atoms with Crippen LogP contribution in [0.25, 0.3) is 0 Å². The van der Waals surface area contributed by atoms with Gasteiger partial charge in [-0.2, -0.15) is 0 Å². The van der Waals surface area contributed by atoms with Crippen LogP contribution in [0.1, 0.15) is 58.8 Å². The first-order chi connectivity index (χ1) is 7.12. The van der Waals surface area contributed by atoms with E-state index >= 15 is 0 Å². The van der Waals surface area contributed by atoms with Crippen molar-refractivity contribution in [1.82, 2.24) is 5.32 Å². The fraction of sp³-hybridized carbons (Fsp3) is 1.00. The molecule has 0 amide bonds. The molecular weight excluding hydrogens is 186 g/mol. The van der Waals surface area contributed by atoms with Crippen molar-refractivity contribution in [2.45, 2.75) is 64.4 Å². The van der Waals surface area contributed by atoms with E-state index < -0.39 is 5.60 Å². The van der Waals surface area contributed by atoms with Gasteiger partial charge in [0.25, 0.3) is 0 Å². The third-order valence-corrected chi connectivity index (χ3v) is 3.29. The molecule has 1 fully saturated rings. The fourth-order valence-corrected chi connectivity index (χ4v) is 2.33. The monoisotopic (exact) mass is 213 g/mol. The van der Waals surface area contributed by atoms with Crippen LogP contribution >= 0.6 is 0 Å². The maximum absolute atomic E-state index is 10.4. The standard InChI is InChI=1S/C13H27NO/c1-12(2)10-14-11-13(15)8-6-4-3-5-7-9-13/h12,14-15H,3-11H2,1-2H3. The largest absolute Gasteiger partial charge is 0.389 e. The van der Waals surface area contributed by atoms with E-state index in [1.807, 2.05) is 0 Å². The van der Waals surface area contributed by atoms with Crippen molar-refractivity contribution >= 4 is 0 Å². The Morgan fingerprint density at radius 3 is 2.13 bits per heavy atom. The quantitative estimate of drug-likeness (QED) is 0.752. The van der Waals surface area contributed by atoms with Crippen molar-refractivity contribution in [3.63, 3.8) is 0 Å². The molecule has 90 valence electrons. The number of aliphatic hydroxyl groups is 1. The van der Waals surface area contributed by atoms with Crippen LogP contribution in [-0.2, 0) is 0 Å². The summed E-state index contributed by atoms with van der Waals surface area (Å²) in [5, 5.41) is 13.8. The normalized spacial score (nSPS) is 22.4. The van der Waals surface area contributed by atoms with Crippen molar-refractivity contribution in [3.05, 3.63) is 0 Å². The molecule has 1 aliphatic rings. The lowest BCUT2D eigenvalue weighted by molar-refractivity contribution is 0.0143. The zero-order valence-corrected chi connectivity index (χ0v) is 10.4. The highest BCUT2D eigenvalue weighted by molar-refractivity contribution is 4.82. The first-order valence-electron chi connectivity index (χ1n) is 6.55.